The van der Waals surface area contributed by atoms with Crippen LogP contribution in [0.25, 0.3) is 6.08 Å². The number of nitriles is 1. The summed E-state index contributed by atoms with van der Waals surface area (Å²) in [4.78, 5) is 33.3. The van der Waals surface area contributed by atoms with Gasteiger partial charge in [0.25, 0.3) is 11.5 Å². The molecule has 3 aliphatic rings. The maximum atomic E-state index is 13.5. The molecule has 3 saturated heterocycles. The highest BCUT2D eigenvalue weighted by atomic mass is 32.2. The Labute approximate surface area is 228 Å². The largest absolute Gasteiger partial charge is 0.355 e. The van der Waals surface area contributed by atoms with E-state index in [9.17, 15) is 23.3 Å². The summed E-state index contributed by atoms with van der Waals surface area (Å²) in [5, 5.41) is 9.87. The summed E-state index contributed by atoms with van der Waals surface area (Å²) in [7, 11) is -3.19. The van der Waals surface area contributed by atoms with E-state index in [-0.39, 0.29) is 28.5 Å². The zero-order valence-electron chi connectivity index (χ0n) is 21.5. The molecule has 0 bridgehead atoms. The molecule has 3 aliphatic heterocycles. The Balaban J connectivity index is 1.82. The van der Waals surface area contributed by atoms with Crippen LogP contribution in [-0.2, 0) is 21.2 Å². The van der Waals surface area contributed by atoms with Crippen molar-refractivity contribution in [1.29, 1.82) is 5.26 Å². The molecule has 0 spiro atoms. The summed E-state index contributed by atoms with van der Waals surface area (Å²) in [6.45, 7) is 10.5. The molecular weight excluding hydrogens is 531 g/mol. The lowest BCUT2D eigenvalue weighted by Crippen LogP contribution is -2.48. The van der Waals surface area contributed by atoms with Gasteiger partial charge in [0.2, 0.25) is 0 Å². The van der Waals surface area contributed by atoms with E-state index in [1.54, 1.807) is 17.6 Å². The number of likely N-dealkylation sites (N-methyl/N-ethyl adjacent to an activating group) is 1. The van der Waals surface area contributed by atoms with Gasteiger partial charge in [0.1, 0.15) is 21.8 Å². The number of amides is 1. The molecule has 0 aromatic carbocycles. The lowest BCUT2D eigenvalue weighted by molar-refractivity contribution is -0.123. The van der Waals surface area contributed by atoms with Crippen LogP contribution >= 0.6 is 24.0 Å². The maximum absolute atomic E-state index is 13.5. The smallest absolute Gasteiger partial charge is 0.270 e. The van der Waals surface area contributed by atoms with Crippen molar-refractivity contribution in [2.24, 2.45) is 0 Å². The van der Waals surface area contributed by atoms with Crippen LogP contribution in [-0.4, -0.2) is 83.3 Å². The van der Waals surface area contributed by atoms with Crippen molar-refractivity contribution < 1.29 is 13.2 Å². The van der Waals surface area contributed by atoms with Crippen LogP contribution < -0.4 is 10.5 Å². The Morgan fingerprint density at radius 2 is 1.89 bits per heavy atom. The van der Waals surface area contributed by atoms with E-state index in [1.165, 1.54) is 4.90 Å². The number of unbranched alkanes of at least 4 members (excludes halogenated alkanes) is 1. The molecule has 0 radical (unpaired) electrons. The van der Waals surface area contributed by atoms with Crippen molar-refractivity contribution >= 4 is 55.9 Å². The zero-order chi connectivity index (χ0) is 26.9. The summed E-state index contributed by atoms with van der Waals surface area (Å²) >= 11 is 6.65. The first-order chi connectivity index (χ1) is 17.6. The van der Waals surface area contributed by atoms with Crippen molar-refractivity contribution in [2.45, 2.75) is 52.6 Å². The minimum Gasteiger partial charge on any atom is -0.355 e. The van der Waals surface area contributed by atoms with Crippen LogP contribution in [0.5, 0.6) is 0 Å². The van der Waals surface area contributed by atoms with Gasteiger partial charge in [-0.05, 0) is 37.9 Å². The number of carbonyl (C=O) groups excluding carboxylic acids is 1. The Bertz CT molecular complexity index is 1340. The van der Waals surface area contributed by atoms with Gasteiger partial charge in [0.05, 0.1) is 22.5 Å². The van der Waals surface area contributed by atoms with Crippen LogP contribution in [0.15, 0.2) is 9.70 Å². The quantitative estimate of drug-likeness (QED) is 0.365. The predicted octanol–water partition coefficient (Wildman–Crippen LogP) is 2.36. The molecule has 1 unspecified atom stereocenters. The first-order valence-corrected chi connectivity index (χ1v) is 15.8. The summed E-state index contributed by atoms with van der Waals surface area (Å²) < 4.78 is 26.1. The Hall–Kier alpha value is -2.20. The molecule has 9 nitrogen and oxygen atoms in total. The highest BCUT2D eigenvalue weighted by Crippen LogP contribution is 2.38. The zero-order valence-corrected chi connectivity index (χ0v) is 24.0. The highest BCUT2D eigenvalue weighted by Gasteiger charge is 2.42. The van der Waals surface area contributed by atoms with Crippen LogP contribution in [0.3, 0.4) is 0 Å². The highest BCUT2D eigenvalue weighted by molar-refractivity contribution is 8.26. The molecule has 4 rings (SSSR count). The second-order valence-corrected chi connectivity index (χ2v) is 13.6. The van der Waals surface area contributed by atoms with Crippen molar-refractivity contribution in [2.75, 3.05) is 49.1 Å². The van der Waals surface area contributed by atoms with Gasteiger partial charge in [-0.25, -0.2) is 8.42 Å². The van der Waals surface area contributed by atoms with Crippen LogP contribution in [0.4, 0.5) is 5.82 Å². The third kappa shape index (κ3) is 5.50. The van der Waals surface area contributed by atoms with Crippen molar-refractivity contribution in [3.8, 4) is 6.07 Å². The van der Waals surface area contributed by atoms with Gasteiger partial charge in [0, 0.05) is 38.3 Å². The van der Waals surface area contributed by atoms with Crippen molar-refractivity contribution in [3.63, 3.8) is 0 Å². The number of anilines is 1. The lowest BCUT2D eigenvalue weighted by Gasteiger charge is -2.37. The molecule has 0 saturated carbocycles. The van der Waals surface area contributed by atoms with Crippen LogP contribution in [0, 0.1) is 18.3 Å². The standard InChI is InChI=1S/C25H33N5O4S3/c1-4-6-8-29-22(28-11-9-27(5-2)10-12-28)19(17(3)20(15-26)23(29)31)14-21-24(32)30(25(35)36-21)18-7-13-37(33,34)16-18/h14,18H,4-13,16H2,1-3H3/b21-14-. The summed E-state index contributed by atoms with van der Waals surface area (Å²) in [5.41, 5.74) is 0.997. The van der Waals surface area contributed by atoms with E-state index in [2.05, 4.69) is 29.7 Å². The van der Waals surface area contributed by atoms with E-state index in [0.717, 1.165) is 63.1 Å². The summed E-state index contributed by atoms with van der Waals surface area (Å²) in [5.74, 6) is 0.385. The van der Waals surface area contributed by atoms with E-state index in [4.69, 9.17) is 12.2 Å². The fourth-order valence-electron chi connectivity index (χ4n) is 5.19. The number of aromatic nitrogens is 1. The van der Waals surface area contributed by atoms with E-state index >= 15 is 0 Å². The molecule has 0 N–H and O–H groups in total. The third-order valence-corrected chi connectivity index (χ3v) is 10.5. The Morgan fingerprint density at radius 3 is 2.46 bits per heavy atom. The Kier molecular flexibility index (Phi) is 8.48. The second-order valence-electron chi connectivity index (χ2n) is 9.69. The minimum atomic E-state index is -3.19. The topological polar surface area (TPSA) is 107 Å². The number of thiocarbonyl (C=S) groups is 1. The van der Waals surface area contributed by atoms with Crippen molar-refractivity contribution in [3.05, 3.63) is 31.9 Å². The molecule has 4 heterocycles. The minimum absolute atomic E-state index is 0.0503. The molecule has 1 aromatic rings. The van der Waals surface area contributed by atoms with Gasteiger partial charge >= 0.3 is 0 Å². The van der Waals surface area contributed by atoms with Gasteiger partial charge in [-0.2, -0.15) is 5.26 Å². The van der Waals surface area contributed by atoms with E-state index in [1.807, 2.05) is 0 Å². The first-order valence-electron chi connectivity index (χ1n) is 12.7. The van der Waals surface area contributed by atoms with Crippen LogP contribution in [0.2, 0.25) is 0 Å². The van der Waals surface area contributed by atoms with Gasteiger partial charge < -0.3 is 9.80 Å². The molecule has 200 valence electrons. The number of rotatable bonds is 7. The van der Waals surface area contributed by atoms with Gasteiger partial charge in [-0.15, -0.1) is 0 Å². The van der Waals surface area contributed by atoms with E-state index in [0.29, 0.717) is 33.3 Å². The fourth-order valence-corrected chi connectivity index (χ4v) is 8.27. The average molecular weight is 564 g/mol. The number of carbonyl (C=O) groups is 1. The number of thioether (sulfide) groups is 1. The number of piperazine rings is 1. The summed E-state index contributed by atoms with van der Waals surface area (Å²) in [6.07, 6.45) is 3.80. The lowest BCUT2D eigenvalue weighted by atomic mass is 10.0. The molecule has 12 heteroatoms. The second kappa shape index (κ2) is 11.3. The molecule has 0 aliphatic carbocycles. The van der Waals surface area contributed by atoms with Crippen LogP contribution in [0.1, 0.15) is 49.8 Å². The SMILES string of the molecule is CCCCn1c(N2CCN(CC)CC2)c(/C=C2\SC(=S)N(C3CCS(=O)(=O)C3)C2=O)c(C)c(C#N)c1=O. The predicted molar refractivity (Wildman–Crippen MR) is 151 cm³/mol. The molecule has 37 heavy (non-hydrogen) atoms. The van der Waals surface area contributed by atoms with E-state index < -0.39 is 15.9 Å². The molecule has 3 fully saturated rings. The first kappa shape index (κ1) is 27.8. The van der Waals surface area contributed by atoms with Gasteiger partial charge in [0.15, 0.2) is 9.84 Å². The monoisotopic (exact) mass is 563 g/mol. The van der Waals surface area contributed by atoms with Crippen molar-refractivity contribution in [1.82, 2.24) is 14.4 Å². The normalized spacial score (nSPS) is 23.3. The van der Waals surface area contributed by atoms with Gasteiger partial charge in [-0.3, -0.25) is 19.1 Å². The number of hydrogen-bond acceptors (Lipinski definition) is 9. The van der Waals surface area contributed by atoms with Gasteiger partial charge in [-0.1, -0.05) is 44.2 Å². The molecule has 1 amide bonds. The third-order valence-electron chi connectivity index (χ3n) is 7.37. The Morgan fingerprint density at radius 1 is 1.19 bits per heavy atom. The molecular formula is C25H33N5O4S3. The number of hydrogen-bond donors (Lipinski definition) is 0. The molecule has 1 aromatic heterocycles. The summed E-state index contributed by atoms with van der Waals surface area (Å²) in [6, 6.07) is 1.63. The number of sulfone groups is 1. The number of pyridine rings is 1. The number of nitrogens with zero attached hydrogens (tertiary/aromatic N) is 5. The molecule has 1 atom stereocenters. The maximum Gasteiger partial charge on any atom is 0.270 e. The fraction of sp³-hybridized carbons (Fsp3) is 0.600. The average Bonchev–Trinajstić information content (AvgIpc) is 3.36.